The predicted octanol–water partition coefficient (Wildman–Crippen LogP) is 3.62. The van der Waals surface area contributed by atoms with E-state index in [2.05, 4.69) is 10.3 Å². The molecule has 0 saturated heterocycles. The summed E-state index contributed by atoms with van der Waals surface area (Å²) in [6.45, 7) is 0. The van der Waals surface area contributed by atoms with Gasteiger partial charge in [0.05, 0.1) is 54.9 Å². The Bertz CT molecular complexity index is 1050. The molecule has 7 nitrogen and oxygen atoms in total. The lowest BCUT2D eigenvalue weighted by atomic mass is 10.0. The summed E-state index contributed by atoms with van der Waals surface area (Å²) >= 11 is 0. The van der Waals surface area contributed by atoms with Crippen LogP contribution in [0.1, 0.15) is 12.0 Å². The molecule has 0 atom stereocenters. The van der Waals surface area contributed by atoms with Crippen LogP contribution in [0.4, 0.5) is 11.4 Å². The maximum Gasteiger partial charge on any atom is 0.230 e. The molecule has 0 radical (unpaired) electrons. The van der Waals surface area contributed by atoms with E-state index in [-0.39, 0.29) is 23.8 Å². The van der Waals surface area contributed by atoms with E-state index in [0.29, 0.717) is 39.4 Å². The number of phenolic OH excluding ortho intramolecular Hbond substituents is 1. The summed E-state index contributed by atoms with van der Waals surface area (Å²) in [7, 11) is 2.92. The standard InChI is InChI=1S/C19H16N2O5/c1-24-17-10-7-8-26-18(10)19(25-2)16(23)15(17)13-9-14(22)21-12-6-4-3-5-11(12)20-13/h3-8,23H,9H2,1-2H3,(H,21,22). The number of aliphatic imine (C=N–C) groups is 1. The predicted molar refractivity (Wildman–Crippen MR) is 96.9 cm³/mol. The number of phenols is 1. The number of methoxy groups -OCH3 is 2. The Balaban J connectivity index is 2.03. The molecule has 0 aliphatic carbocycles. The highest BCUT2D eigenvalue weighted by molar-refractivity contribution is 6.21. The molecule has 2 aromatic carbocycles. The van der Waals surface area contributed by atoms with Crippen molar-refractivity contribution in [1.82, 2.24) is 0 Å². The smallest absolute Gasteiger partial charge is 0.230 e. The molecule has 1 aliphatic heterocycles. The molecule has 7 heteroatoms. The average Bonchev–Trinajstić information content (AvgIpc) is 3.04. The number of carbonyl (C=O) groups is 1. The molecule has 2 N–H and O–H groups in total. The van der Waals surface area contributed by atoms with Crippen LogP contribution in [-0.2, 0) is 4.79 Å². The highest BCUT2D eigenvalue weighted by Crippen LogP contribution is 2.47. The highest BCUT2D eigenvalue weighted by atomic mass is 16.5. The first kappa shape index (κ1) is 16.0. The third-order valence-corrected chi connectivity index (χ3v) is 4.25. The number of nitrogens with one attached hydrogen (secondary N) is 1. The van der Waals surface area contributed by atoms with Crippen molar-refractivity contribution in [3.05, 3.63) is 42.2 Å². The quantitative estimate of drug-likeness (QED) is 0.751. The minimum Gasteiger partial charge on any atom is -0.504 e. The monoisotopic (exact) mass is 352 g/mol. The Morgan fingerprint density at radius 3 is 2.69 bits per heavy atom. The Morgan fingerprint density at radius 1 is 1.15 bits per heavy atom. The van der Waals surface area contributed by atoms with E-state index in [1.54, 1.807) is 18.2 Å². The van der Waals surface area contributed by atoms with Gasteiger partial charge < -0.3 is 24.3 Å². The largest absolute Gasteiger partial charge is 0.504 e. The maximum absolute atomic E-state index is 12.3. The average molecular weight is 352 g/mol. The first-order valence-electron chi connectivity index (χ1n) is 7.95. The fraction of sp³-hybridized carbons (Fsp3) is 0.158. The Labute approximate surface area is 148 Å². The van der Waals surface area contributed by atoms with Crippen molar-refractivity contribution in [2.45, 2.75) is 6.42 Å². The zero-order valence-corrected chi connectivity index (χ0v) is 14.2. The lowest BCUT2D eigenvalue weighted by molar-refractivity contribution is -0.115. The Morgan fingerprint density at radius 2 is 1.92 bits per heavy atom. The number of anilines is 1. The van der Waals surface area contributed by atoms with E-state index in [1.807, 2.05) is 12.1 Å². The second-order valence-electron chi connectivity index (χ2n) is 5.75. The van der Waals surface area contributed by atoms with Crippen LogP contribution >= 0.6 is 0 Å². The number of hydrogen-bond donors (Lipinski definition) is 2. The molecule has 1 aliphatic rings. The van der Waals surface area contributed by atoms with Crippen LogP contribution in [0.2, 0.25) is 0 Å². The number of benzene rings is 2. The third kappa shape index (κ3) is 2.36. The van der Waals surface area contributed by atoms with Crippen LogP contribution in [0.15, 0.2) is 46.0 Å². The van der Waals surface area contributed by atoms with Crippen molar-refractivity contribution in [3.63, 3.8) is 0 Å². The lowest BCUT2D eigenvalue weighted by Gasteiger charge is -2.15. The van der Waals surface area contributed by atoms with Gasteiger partial charge in [0, 0.05) is 0 Å². The van der Waals surface area contributed by atoms with Gasteiger partial charge in [0.2, 0.25) is 11.7 Å². The Hall–Kier alpha value is -3.48. The summed E-state index contributed by atoms with van der Waals surface area (Å²) in [6.07, 6.45) is 1.46. The fourth-order valence-corrected chi connectivity index (χ4v) is 3.15. The van der Waals surface area contributed by atoms with E-state index in [9.17, 15) is 9.90 Å². The molecule has 3 aromatic rings. The number of para-hydroxylation sites is 2. The molecule has 0 bridgehead atoms. The molecule has 1 aromatic heterocycles. The van der Waals surface area contributed by atoms with Crippen molar-refractivity contribution in [2.24, 2.45) is 4.99 Å². The van der Waals surface area contributed by atoms with Gasteiger partial charge >= 0.3 is 0 Å². The summed E-state index contributed by atoms with van der Waals surface area (Å²) in [5.74, 6) is 0.124. The number of hydrogen-bond acceptors (Lipinski definition) is 6. The van der Waals surface area contributed by atoms with Crippen LogP contribution in [0, 0.1) is 0 Å². The van der Waals surface area contributed by atoms with E-state index in [4.69, 9.17) is 13.9 Å². The number of rotatable bonds is 3. The first-order chi connectivity index (χ1) is 12.6. The number of fused-ring (bicyclic) bond motifs is 2. The maximum atomic E-state index is 12.3. The number of ether oxygens (including phenoxy) is 2. The minimum atomic E-state index is -0.235. The van der Waals surface area contributed by atoms with Crippen LogP contribution in [0.3, 0.4) is 0 Å². The van der Waals surface area contributed by atoms with Crippen LogP contribution in [0.25, 0.3) is 11.0 Å². The molecule has 0 saturated carbocycles. The van der Waals surface area contributed by atoms with Crippen LogP contribution in [-0.4, -0.2) is 30.9 Å². The Kier molecular flexibility index (Phi) is 3.76. The van der Waals surface area contributed by atoms with Crippen molar-refractivity contribution in [2.75, 3.05) is 19.5 Å². The summed E-state index contributed by atoms with van der Waals surface area (Å²) in [6, 6.07) is 8.92. The van der Waals surface area contributed by atoms with Gasteiger partial charge in [0.25, 0.3) is 0 Å². The molecule has 2 heterocycles. The van der Waals surface area contributed by atoms with Gasteiger partial charge in [0.1, 0.15) is 5.75 Å². The number of amides is 1. The van der Waals surface area contributed by atoms with Gasteiger partial charge in [-0.1, -0.05) is 12.1 Å². The summed E-state index contributed by atoms with van der Waals surface area (Å²) in [4.78, 5) is 16.9. The summed E-state index contributed by atoms with van der Waals surface area (Å²) < 4.78 is 16.3. The molecule has 0 unspecified atom stereocenters. The normalized spacial score (nSPS) is 13.6. The lowest BCUT2D eigenvalue weighted by Crippen LogP contribution is -2.16. The molecule has 4 rings (SSSR count). The van der Waals surface area contributed by atoms with Crippen molar-refractivity contribution in [3.8, 4) is 17.2 Å². The first-order valence-corrected chi connectivity index (χ1v) is 7.95. The van der Waals surface area contributed by atoms with Gasteiger partial charge in [-0.3, -0.25) is 4.79 Å². The molecular formula is C19H16N2O5. The van der Waals surface area contributed by atoms with Crippen molar-refractivity contribution in [1.29, 1.82) is 0 Å². The minimum absolute atomic E-state index is 0.0227. The van der Waals surface area contributed by atoms with Gasteiger partial charge in [-0.15, -0.1) is 0 Å². The summed E-state index contributed by atoms with van der Waals surface area (Å²) in [5, 5.41) is 14.3. The number of nitrogens with zero attached hydrogens (tertiary/aromatic N) is 1. The van der Waals surface area contributed by atoms with Crippen LogP contribution < -0.4 is 14.8 Å². The zero-order chi connectivity index (χ0) is 18.3. The number of carbonyl (C=O) groups excluding carboxylic acids is 1. The molecular weight excluding hydrogens is 336 g/mol. The van der Waals surface area contributed by atoms with Gasteiger partial charge in [-0.05, 0) is 18.2 Å². The molecule has 0 spiro atoms. The molecule has 26 heavy (non-hydrogen) atoms. The van der Waals surface area contributed by atoms with E-state index in [1.165, 1.54) is 20.5 Å². The van der Waals surface area contributed by atoms with Crippen molar-refractivity contribution >= 4 is 34.0 Å². The SMILES string of the molecule is COc1c(C2=Nc3ccccc3NC(=O)C2)c(O)c(OC)c2occc12. The second kappa shape index (κ2) is 6.11. The van der Waals surface area contributed by atoms with E-state index < -0.39 is 0 Å². The second-order valence-corrected chi connectivity index (χ2v) is 5.75. The zero-order valence-electron chi connectivity index (χ0n) is 14.2. The topological polar surface area (TPSA) is 93.3 Å². The van der Waals surface area contributed by atoms with Gasteiger partial charge in [0.15, 0.2) is 11.3 Å². The highest BCUT2D eigenvalue weighted by Gasteiger charge is 2.28. The number of furan rings is 1. The molecule has 1 amide bonds. The van der Waals surface area contributed by atoms with Gasteiger partial charge in [-0.25, -0.2) is 4.99 Å². The molecule has 0 fully saturated rings. The van der Waals surface area contributed by atoms with Crippen LogP contribution in [0.5, 0.6) is 17.2 Å². The molecule has 132 valence electrons. The van der Waals surface area contributed by atoms with Crippen molar-refractivity contribution < 1.29 is 23.8 Å². The third-order valence-electron chi connectivity index (χ3n) is 4.25. The summed E-state index contributed by atoms with van der Waals surface area (Å²) in [5.41, 5.74) is 2.27. The fourth-order valence-electron chi connectivity index (χ4n) is 3.15. The van der Waals surface area contributed by atoms with E-state index in [0.717, 1.165) is 0 Å². The number of aromatic hydroxyl groups is 1. The van der Waals surface area contributed by atoms with E-state index >= 15 is 0 Å². The van der Waals surface area contributed by atoms with Gasteiger partial charge in [-0.2, -0.15) is 0 Å².